The van der Waals surface area contributed by atoms with Crippen molar-refractivity contribution in [2.75, 3.05) is 5.32 Å². The van der Waals surface area contributed by atoms with Crippen molar-refractivity contribution in [3.63, 3.8) is 0 Å². The number of hydrogen-bond donors (Lipinski definition) is 4. The SMILES string of the molecule is NC1CCC(O)CC1.O=[N+]([O-])c1ccc(F)cc1C(F)(F)F.O=[N+]([O-])c1ccc(NC2CCC(O)CC2)cc1C(F)(F)F. The Bertz CT molecular complexity index is 1220. The van der Waals surface area contributed by atoms with Crippen molar-refractivity contribution in [3.8, 4) is 0 Å². The van der Waals surface area contributed by atoms with Gasteiger partial charge in [0.15, 0.2) is 0 Å². The van der Waals surface area contributed by atoms with E-state index in [9.17, 15) is 56.1 Å². The molecule has 2 saturated carbocycles. The quantitative estimate of drug-likeness (QED) is 0.173. The van der Waals surface area contributed by atoms with Gasteiger partial charge in [-0.1, -0.05) is 0 Å². The molecule has 0 aliphatic heterocycles. The van der Waals surface area contributed by atoms with Crippen molar-refractivity contribution in [2.24, 2.45) is 5.73 Å². The molecule has 2 aliphatic carbocycles. The lowest BCUT2D eigenvalue weighted by Crippen LogP contribution is -2.28. The Hall–Kier alpha value is -3.57. The minimum atomic E-state index is -4.93. The zero-order valence-corrected chi connectivity index (χ0v) is 22.6. The van der Waals surface area contributed by atoms with Crippen LogP contribution in [0, 0.1) is 26.0 Å². The Labute approximate surface area is 241 Å². The highest BCUT2D eigenvalue weighted by Gasteiger charge is 2.39. The van der Waals surface area contributed by atoms with E-state index in [-0.39, 0.29) is 30.0 Å². The van der Waals surface area contributed by atoms with Crippen LogP contribution in [0.15, 0.2) is 36.4 Å². The van der Waals surface area contributed by atoms with Crippen molar-refractivity contribution in [1.29, 1.82) is 0 Å². The first-order valence-electron chi connectivity index (χ1n) is 13.1. The van der Waals surface area contributed by atoms with Gasteiger partial charge < -0.3 is 21.3 Å². The smallest absolute Gasteiger partial charge is 0.393 e. The second kappa shape index (κ2) is 15.2. The standard InChI is InChI=1S/C13H15F3N2O3.C7H3F4NO2.C6H13NO/c14-13(15,16)11-7-9(3-6-12(11)18(20)21)17-8-1-4-10(19)5-2-8;8-4-1-2-6(12(13)14)5(3-4)7(9,10)11;7-5-1-3-6(8)4-2-5/h3,6-8,10,17,19H,1-2,4-5H2;1-3H;5-6,8H,1-4,7H2. The lowest BCUT2D eigenvalue weighted by atomic mass is 9.93. The second-order valence-corrected chi connectivity index (χ2v) is 10.1. The Morgan fingerprint density at radius 3 is 1.56 bits per heavy atom. The van der Waals surface area contributed by atoms with Crippen LogP contribution in [0.5, 0.6) is 0 Å². The van der Waals surface area contributed by atoms with Gasteiger partial charge in [-0.15, -0.1) is 0 Å². The van der Waals surface area contributed by atoms with Crippen molar-refractivity contribution in [1.82, 2.24) is 0 Å². The second-order valence-electron chi connectivity index (χ2n) is 10.1. The molecule has 17 heteroatoms. The molecule has 2 aliphatic rings. The molecule has 0 saturated heterocycles. The highest BCUT2D eigenvalue weighted by atomic mass is 19.4. The molecule has 2 aromatic carbocycles. The monoisotopic (exact) mass is 628 g/mol. The summed E-state index contributed by atoms with van der Waals surface area (Å²) < 4.78 is 87.3. The fourth-order valence-electron chi connectivity index (χ4n) is 4.46. The Balaban J connectivity index is 0.000000251. The van der Waals surface area contributed by atoms with E-state index in [1.807, 2.05) is 0 Å². The van der Waals surface area contributed by atoms with Gasteiger partial charge in [-0.2, -0.15) is 26.3 Å². The lowest BCUT2D eigenvalue weighted by Gasteiger charge is -2.27. The van der Waals surface area contributed by atoms with Gasteiger partial charge in [0.25, 0.3) is 11.4 Å². The largest absolute Gasteiger partial charge is 0.423 e. The fourth-order valence-corrected chi connectivity index (χ4v) is 4.46. The van der Waals surface area contributed by atoms with E-state index >= 15 is 0 Å². The summed E-state index contributed by atoms with van der Waals surface area (Å²) in [6.07, 6.45) is -3.81. The third kappa shape index (κ3) is 11.6. The van der Waals surface area contributed by atoms with E-state index in [4.69, 9.17) is 10.8 Å². The topological polar surface area (TPSA) is 165 Å². The maximum atomic E-state index is 12.9. The molecule has 0 aromatic heterocycles. The number of nitrogens with zero attached hydrogens (tertiary/aromatic N) is 2. The number of nitro groups is 2. The predicted molar refractivity (Wildman–Crippen MR) is 140 cm³/mol. The maximum Gasteiger partial charge on any atom is 0.423 e. The number of rotatable bonds is 4. The molecule has 240 valence electrons. The summed E-state index contributed by atoms with van der Waals surface area (Å²) in [5.41, 5.74) is 0.846. The summed E-state index contributed by atoms with van der Waals surface area (Å²) in [5.74, 6) is -1.16. The van der Waals surface area contributed by atoms with Crippen molar-refractivity contribution < 1.29 is 50.8 Å². The zero-order chi connectivity index (χ0) is 32.5. The van der Waals surface area contributed by atoms with Crippen LogP contribution in [0.2, 0.25) is 0 Å². The number of anilines is 1. The normalized spacial score (nSPS) is 22.3. The summed E-state index contributed by atoms with van der Waals surface area (Å²) in [5, 5.41) is 42.1. The highest BCUT2D eigenvalue weighted by molar-refractivity contribution is 5.55. The first kappa shape index (κ1) is 35.6. The molecule has 0 unspecified atom stereocenters. The molecule has 4 rings (SSSR count). The van der Waals surface area contributed by atoms with Gasteiger partial charge in [0, 0.05) is 29.9 Å². The van der Waals surface area contributed by atoms with Gasteiger partial charge >= 0.3 is 12.4 Å². The van der Waals surface area contributed by atoms with Crippen LogP contribution in [0.1, 0.15) is 62.5 Å². The minimum Gasteiger partial charge on any atom is -0.393 e. The fraction of sp³-hybridized carbons (Fsp3) is 0.538. The van der Waals surface area contributed by atoms with E-state index in [0.29, 0.717) is 43.9 Å². The number of hydrogen-bond acceptors (Lipinski definition) is 8. The number of alkyl halides is 6. The molecule has 2 aromatic rings. The van der Waals surface area contributed by atoms with E-state index in [1.165, 1.54) is 6.07 Å². The molecule has 0 amide bonds. The van der Waals surface area contributed by atoms with Gasteiger partial charge in [0.05, 0.1) is 22.1 Å². The van der Waals surface area contributed by atoms with Crippen molar-refractivity contribution >= 4 is 17.1 Å². The van der Waals surface area contributed by atoms with Crippen LogP contribution in [0.3, 0.4) is 0 Å². The number of aliphatic hydroxyl groups excluding tert-OH is 2. The lowest BCUT2D eigenvalue weighted by molar-refractivity contribution is -0.388. The van der Waals surface area contributed by atoms with Gasteiger partial charge in [-0.3, -0.25) is 20.2 Å². The molecular weight excluding hydrogens is 597 g/mol. The van der Waals surface area contributed by atoms with Crippen molar-refractivity contribution in [3.05, 3.63) is 73.6 Å². The molecule has 2 fully saturated rings. The van der Waals surface area contributed by atoms with Crippen LogP contribution in [-0.2, 0) is 12.4 Å². The highest BCUT2D eigenvalue weighted by Crippen LogP contribution is 2.38. The predicted octanol–water partition coefficient (Wildman–Crippen LogP) is 6.33. The first-order chi connectivity index (χ1) is 19.9. The molecule has 10 nitrogen and oxygen atoms in total. The third-order valence-electron chi connectivity index (χ3n) is 6.77. The molecular formula is C26H31F7N4O6. The number of nitrogens with one attached hydrogen (secondary N) is 1. The number of halogens is 7. The Morgan fingerprint density at radius 1 is 0.721 bits per heavy atom. The van der Waals surface area contributed by atoms with Crippen LogP contribution in [-0.4, -0.2) is 44.4 Å². The van der Waals surface area contributed by atoms with Crippen LogP contribution in [0.4, 0.5) is 47.8 Å². The van der Waals surface area contributed by atoms with Crippen LogP contribution >= 0.6 is 0 Å². The first-order valence-corrected chi connectivity index (χ1v) is 13.1. The van der Waals surface area contributed by atoms with Gasteiger partial charge in [0.2, 0.25) is 0 Å². The number of aliphatic hydroxyl groups is 2. The molecule has 0 heterocycles. The minimum absolute atomic E-state index is 0.0315. The Kier molecular flexibility index (Phi) is 12.6. The van der Waals surface area contributed by atoms with Crippen LogP contribution in [0.25, 0.3) is 0 Å². The average Bonchev–Trinajstić information content (AvgIpc) is 2.91. The average molecular weight is 629 g/mol. The van der Waals surface area contributed by atoms with Gasteiger partial charge in [-0.25, -0.2) is 4.39 Å². The summed E-state index contributed by atoms with van der Waals surface area (Å²) in [6.45, 7) is 0. The molecule has 0 bridgehead atoms. The summed E-state index contributed by atoms with van der Waals surface area (Å²) in [7, 11) is 0. The van der Waals surface area contributed by atoms with E-state index in [1.54, 1.807) is 0 Å². The number of benzene rings is 2. The summed E-state index contributed by atoms with van der Waals surface area (Å²) in [6, 6.07) is 4.42. The number of nitrogens with two attached hydrogens (primary N) is 1. The van der Waals surface area contributed by atoms with E-state index in [2.05, 4.69) is 5.32 Å². The van der Waals surface area contributed by atoms with Crippen molar-refractivity contribution in [2.45, 2.75) is 88.0 Å². The third-order valence-corrected chi connectivity index (χ3v) is 6.77. The van der Waals surface area contributed by atoms with Crippen LogP contribution < -0.4 is 11.1 Å². The molecule has 43 heavy (non-hydrogen) atoms. The van der Waals surface area contributed by atoms with E-state index in [0.717, 1.165) is 37.8 Å². The zero-order valence-electron chi connectivity index (χ0n) is 22.6. The summed E-state index contributed by atoms with van der Waals surface area (Å²) >= 11 is 0. The summed E-state index contributed by atoms with van der Waals surface area (Å²) in [4.78, 5) is 18.6. The molecule has 5 N–H and O–H groups in total. The van der Waals surface area contributed by atoms with Gasteiger partial charge in [0.1, 0.15) is 16.9 Å². The van der Waals surface area contributed by atoms with Gasteiger partial charge in [-0.05, 0) is 75.6 Å². The number of nitro benzene ring substituents is 2. The molecule has 0 radical (unpaired) electrons. The van der Waals surface area contributed by atoms with E-state index < -0.39 is 50.5 Å². The molecule has 0 spiro atoms. The maximum absolute atomic E-state index is 12.9. The Morgan fingerprint density at radius 2 is 1.14 bits per heavy atom. The molecule has 0 atom stereocenters.